The van der Waals surface area contributed by atoms with E-state index in [1.165, 1.54) is 16.7 Å². The number of hydrogen-bond acceptors (Lipinski definition) is 3. The summed E-state index contributed by atoms with van der Waals surface area (Å²) in [5, 5.41) is 0.636. The molecule has 3 nitrogen and oxygen atoms in total. The average Bonchev–Trinajstić information content (AvgIpc) is 3.47. The van der Waals surface area contributed by atoms with Crippen LogP contribution >= 0.6 is 11.8 Å². The number of aryl methyl sites for hydroxylation is 1. The summed E-state index contributed by atoms with van der Waals surface area (Å²) in [5.74, 6) is 3.09. The number of rotatable bonds is 8. The van der Waals surface area contributed by atoms with Gasteiger partial charge in [-0.1, -0.05) is 86.7 Å². The molecule has 0 aliphatic carbocycles. The van der Waals surface area contributed by atoms with Crippen LogP contribution in [-0.4, -0.2) is 28.9 Å². The highest BCUT2D eigenvalue weighted by atomic mass is 32.2. The lowest BCUT2D eigenvalue weighted by Gasteiger charge is -2.23. The molecule has 0 saturated carbocycles. The SMILES string of the molecule is C#CCC.C\C=C/C(=C(\C)C(C)C)C(=C\C)/c1cnc(SC(C(=O)N2CCCC2)c2ccccc2)c(C)c1. The molecule has 0 bridgehead atoms. The van der Waals surface area contributed by atoms with Crippen LogP contribution in [0.25, 0.3) is 5.57 Å². The second-order valence-corrected chi connectivity index (χ2v) is 10.9. The number of hydrogen-bond donors (Lipinski definition) is 0. The van der Waals surface area contributed by atoms with Crippen molar-refractivity contribution >= 4 is 23.2 Å². The zero-order valence-corrected chi connectivity index (χ0v) is 25.1. The minimum absolute atomic E-state index is 0.194. The Kier molecular flexibility index (Phi) is 13.2. The van der Waals surface area contributed by atoms with Gasteiger partial charge in [0.25, 0.3) is 0 Å². The summed E-state index contributed by atoms with van der Waals surface area (Å²) in [5.41, 5.74) is 7.06. The first-order chi connectivity index (χ1) is 18.3. The zero-order valence-electron chi connectivity index (χ0n) is 24.3. The van der Waals surface area contributed by atoms with Gasteiger partial charge in [0.1, 0.15) is 5.25 Å². The van der Waals surface area contributed by atoms with Crippen LogP contribution in [0.5, 0.6) is 0 Å². The molecule has 1 aliphatic heterocycles. The number of benzene rings is 1. The lowest BCUT2D eigenvalue weighted by Crippen LogP contribution is -2.31. The normalized spacial score (nSPS) is 15.1. The van der Waals surface area contributed by atoms with Crippen LogP contribution in [0.4, 0.5) is 0 Å². The maximum Gasteiger partial charge on any atom is 0.240 e. The first-order valence-corrected chi connectivity index (χ1v) is 14.6. The summed E-state index contributed by atoms with van der Waals surface area (Å²) in [7, 11) is 0. The lowest BCUT2D eigenvalue weighted by molar-refractivity contribution is -0.129. The van der Waals surface area contributed by atoms with Crippen LogP contribution in [0.3, 0.4) is 0 Å². The Balaban J connectivity index is 0.00000118. The molecule has 0 spiro atoms. The molecule has 1 atom stereocenters. The number of pyridine rings is 1. The molecule has 2 aromatic rings. The smallest absolute Gasteiger partial charge is 0.240 e. The van der Waals surface area contributed by atoms with Gasteiger partial charge in [-0.25, -0.2) is 4.98 Å². The molecule has 1 saturated heterocycles. The highest BCUT2D eigenvalue weighted by molar-refractivity contribution is 8.00. The minimum atomic E-state index is -0.279. The predicted octanol–water partition coefficient (Wildman–Crippen LogP) is 8.83. The van der Waals surface area contributed by atoms with Gasteiger partial charge in [-0.15, -0.1) is 12.3 Å². The number of carbonyl (C=O) groups excluding carboxylic acids is 1. The van der Waals surface area contributed by atoms with Crippen LogP contribution in [0.15, 0.2) is 77.0 Å². The first-order valence-electron chi connectivity index (χ1n) is 13.7. The number of amides is 1. The average molecular weight is 529 g/mol. The molecular weight excluding hydrogens is 484 g/mol. The van der Waals surface area contributed by atoms with Gasteiger partial charge in [-0.05, 0) is 74.8 Å². The summed E-state index contributed by atoms with van der Waals surface area (Å²) in [6, 6.07) is 12.3. The van der Waals surface area contributed by atoms with E-state index in [4.69, 9.17) is 11.4 Å². The molecule has 1 aromatic heterocycles. The number of thioether (sulfide) groups is 1. The van der Waals surface area contributed by atoms with Gasteiger partial charge in [-0.2, -0.15) is 0 Å². The van der Waals surface area contributed by atoms with E-state index in [9.17, 15) is 4.79 Å². The Labute approximate surface area is 235 Å². The topological polar surface area (TPSA) is 33.2 Å². The van der Waals surface area contributed by atoms with E-state index in [2.05, 4.69) is 83.9 Å². The number of terminal acetylenes is 1. The zero-order chi connectivity index (χ0) is 28.1. The molecule has 202 valence electrons. The third kappa shape index (κ3) is 8.50. The summed E-state index contributed by atoms with van der Waals surface area (Å²) in [6.45, 7) is 16.6. The highest BCUT2D eigenvalue weighted by Crippen LogP contribution is 2.39. The van der Waals surface area contributed by atoms with E-state index >= 15 is 0 Å². The largest absolute Gasteiger partial charge is 0.341 e. The van der Waals surface area contributed by atoms with Gasteiger partial charge >= 0.3 is 0 Å². The molecule has 1 unspecified atom stereocenters. The number of allylic oxidation sites excluding steroid dienone is 6. The van der Waals surface area contributed by atoms with Crippen molar-refractivity contribution in [3.63, 3.8) is 0 Å². The van der Waals surface area contributed by atoms with Crippen molar-refractivity contribution in [2.45, 2.75) is 78.0 Å². The summed E-state index contributed by atoms with van der Waals surface area (Å²) in [4.78, 5) is 20.3. The second-order valence-electron chi connectivity index (χ2n) is 9.80. The van der Waals surface area contributed by atoms with Crippen molar-refractivity contribution in [1.29, 1.82) is 0 Å². The monoisotopic (exact) mass is 528 g/mol. The van der Waals surface area contributed by atoms with E-state index in [-0.39, 0.29) is 11.2 Å². The summed E-state index contributed by atoms with van der Waals surface area (Å²) < 4.78 is 0. The van der Waals surface area contributed by atoms with Crippen molar-refractivity contribution in [2.75, 3.05) is 13.1 Å². The third-order valence-electron chi connectivity index (χ3n) is 6.72. The van der Waals surface area contributed by atoms with Crippen LogP contribution < -0.4 is 0 Å². The molecule has 2 heterocycles. The molecule has 1 amide bonds. The van der Waals surface area contributed by atoms with Crippen molar-refractivity contribution < 1.29 is 4.79 Å². The number of likely N-dealkylation sites (tertiary alicyclic amines) is 1. The third-order valence-corrected chi connectivity index (χ3v) is 8.08. The fourth-order valence-electron chi connectivity index (χ4n) is 4.33. The molecule has 3 rings (SSSR count). The fraction of sp³-hybridized carbons (Fsp3) is 0.412. The van der Waals surface area contributed by atoms with E-state index in [1.54, 1.807) is 11.8 Å². The quantitative estimate of drug-likeness (QED) is 0.195. The Morgan fingerprint density at radius 2 is 1.82 bits per heavy atom. The molecule has 38 heavy (non-hydrogen) atoms. The molecule has 4 heteroatoms. The minimum Gasteiger partial charge on any atom is -0.341 e. The fourth-order valence-corrected chi connectivity index (χ4v) is 5.45. The van der Waals surface area contributed by atoms with Gasteiger partial charge in [0.15, 0.2) is 0 Å². The van der Waals surface area contributed by atoms with Crippen LogP contribution in [0, 0.1) is 25.2 Å². The Hall–Kier alpha value is -3.03. The maximum atomic E-state index is 13.4. The van der Waals surface area contributed by atoms with E-state index in [0.717, 1.165) is 54.1 Å². The lowest BCUT2D eigenvalue weighted by atomic mass is 9.89. The molecule has 1 fully saturated rings. The van der Waals surface area contributed by atoms with Crippen LogP contribution in [0.1, 0.15) is 82.7 Å². The number of aromatic nitrogens is 1. The van der Waals surface area contributed by atoms with E-state index in [0.29, 0.717) is 5.92 Å². The predicted molar refractivity (Wildman–Crippen MR) is 165 cm³/mol. The standard InChI is InChI=1S/C30H38N2OS.C4H6/c1-7-14-27(23(6)21(3)4)26(8-2)25-19-22(5)29(31-20-25)34-28(24-15-10-9-11-16-24)30(33)32-17-12-13-18-32;1-3-4-2/h7-11,14-16,19-21,28H,12-13,17-18H2,1-6H3;1H,4H2,2H3/b14-7-,26-8-,27-23-;. The molecule has 1 aromatic carbocycles. The summed E-state index contributed by atoms with van der Waals surface area (Å²) >= 11 is 1.57. The van der Waals surface area contributed by atoms with Crippen molar-refractivity contribution in [3.05, 3.63) is 88.7 Å². The maximum absolute atomic E-state index is 13.4. The van der Waals surface area contributed by atoms with Crippen LogP contribution in [0.2, 0.25) is 0 Å². The first kappa shape index (κ1) is 31.2. The summed E-state index contributed by atoms with van der Waals surface area (Å²) in [6.07, 6.45) is 16.2. The van der Waals surface area contributed by atoms with Gasteiger partial charge in [-0.3, -0.25) is 4.79 Å². The molecule has 1 aliphatic rings. The highest BCUT2D eigenvalue weighted by Gasteiger charge is 2.29. The Morgan fingerprint density at radius 3 is 2.32 bits per heavy atom. The molecule has 0 radical (unpaired) electrons. The van der Waals surface area contributed by atoms with Crippen LogP contribution in [-0.2, 0) is 4.79 Å². The van der Waals surface area contributed by atoms with E-state index in [1.807, 2.05) is 36.2 Å². The number of nitrogens with zero attached hydrogens (tertiary/aromatic N) is 2. The second kappa shape index (κ2) is 16.0. The molecular formula is C34H44N2OS. The van der Waals surface area contributed by atoms with Crippen molar-refractivity contribution in [1.82, 2.24) is 9.88 Å². The van der Waals surface area contributed by atoms with Gasteiger partial charge in [0.05, 0.1) is 5.03 Å². The van der Waals surface area contributed by atoms with E-state index < -0.39 is 0 Å². The van der Waals surface area contributed by atoms with Gasteiger partial charge in [0, 0.05) is 31.3 Å². The number of carbonyl (C=O) groups is 1. The Bertz CT molecular complexity index is 1180. The van der Waals surface area contributed by atoms with Crippen molar-refractivity contribution in [2.24, 2.45) is 5.92 Å². The van der Waals surface area contributed by atoms with Crippen molar-refractivity contribution in [3.8, 4) is 12.3 Å². The molecule has 0 N–H and O–H groups in total. The van der Waals surface area contributed by atoms with Gasteiger partial charge < -0.3 is 4.90 Å². The Morgan fingerprint density at radius 1 is 1.18 bits per heavy atom. The van der Waals surface area contributed by atoms with Gasteiger partial charge in [0.2, 0.25) is 5.91 Å².